The minimum absolute atomic E-state index is 0.0160. The summed E-state index contributed by atoms with van der Waals surface area (Å²) in [6.45, 7) is 1.29. The van der Waals surface area contributed by atoms with Crippen LogP contribution in [0, 0.1) is 6.92 Å². The molecule has 13 heteroatoms. The third-order valence-corrected chi connectivity index (χ3v) is 14.5. The molecule has 74 heavy (non-hydrogen) atoms. The minimum atomic E-state index is -1.56. The molecule has 0 unspecified atom stereocenters. The van der Waals surface area contributed by atoms with Crippen LogP contribution in [0.2, 0.25) is 0 Å². The number of carbonyl (C=O) groups is 2. The first-order valence-corrected chi connectivity index (χ1v) is 24.6. The molecule has 0 spiro atoms. The van der Waals surface area contributed by atoms with Gasteiger partial charge in [0.25, 0.3) is 0 Å². The second-order valence-electron chi connectivity index (χ2n) is 18.7. The van der Waals surface area contributed by atoms with Gasteiger partial charge in [-0.3, -0.25) is 9.88 Å². The highest BCUT2D eigenvalue weighted by molar-refractivity contribution is 5.85. The average molecular weight is 988 g/mol. The van der Waals surface area contributed by atoms with Crippen LogP contribution >= 0.6 is 0 Å². The Morgan fingerprint density at radius 1 is 0.649 bits per heavy atom. The van der Waals surface area contributed by atoms with Gasteiger partial charge in [0.2, 0.25) is 0 Å². The Kier molecular flexibility index (Phi) is 13.4. The van der Waals surface area contributed by atoms with E-state index >= 15 is 0 Å². The number of methoxy groups -OCH3 is 1. The predicted octanol–water partition coefficient (Wildman–Crippen LogP) is 10.6. The van der Waals surface area contributed by atoms with E-state index in [1.165, 1.54) is 10.8 Å². The van der Waals surface area contributed by atoms with Gasteiger partial charge in [-0.1, -0.05) is 170 Å². The number of fused-ring (bicyclic) bond motifs is 6. The highest BCUT2D eigenvalue weighted by Gasteiger charge is 2.47. The van der Waals surface area contributed by atoms with Gasteiger partial charge in [-0.15, -0.1) is 0 Å². The lowest BCUT2D eigenvalue weighted by atomic mass is 9.80. The molecule has 3 aliphatic rings. The molecule has 1 fully saturated rings. The number of aryl methyl sites for hydroxylation is 1. The Hall–Kier alpha value is -8.36. The van der Waals surface area contributed by atoms with E-state index in [0.717, 1.165) is 61.2 Å². The highest BCUT2D eigenvalue weighted by Crippen LogP contribution is 2.47. The number of nitrogens with one attached hydrogen (secondary N) is 1. The first-order valence-electron chi connectivity index (χ1n) is 24.6. The van der Waals surface area contributed by atoms with Gasteiger partial charge >= 0.3 is 17.9 Å². The van der Waals surface area contributed by atoms with Crippen LogP contribution in [0.25, 0.3) is 22.3 Å². The summed E-state index contributed by atoms with van der Waals surface area (Å²) in [5.41, 5.74) is 9.23. The van der Waals surface area contributed by atoms with Gasteiger partial charge in [0, 0.05) is 23.6 Å². The Balaban J connectivity index is 0.865. The fourth-order valence-electron chi connectivity index (χ4n) is 10.9. The van der Waals surface area contributed by atoms with Crippen molar-refractivity contribution in [2.45, 2.75) is 48.7 Å². The van der Waals surface area contributed by atoms with Crippen molar-refractivity contribution in [1.29, 1.82) is 0 Å². The molecule has 372 valence electrons. The maximum Gasteiger partial charge on any atom is 0.508 e. The van der Waals surface area contributed by atoms with E-state index < -0.39 is 47.9 Å². The summed E-state index contributed by atoms with van der Waals surface area (Å²) in [6, 6.07) is 58.0. The van der Waals surface area contributed by atoms with Gasteiger partial charge in [-0.05, 0) is 80.3 Å². The van der Waals surface area contributed by atoms with Gasteiger partial charge in [-0.2, -0.15) is 4.98 Å². The van der Waals surface area contributed by atoms with Crippen LogP contribution in [0.15, 0.2) is 193 Å². The molecular weight excluding hydrogens is 935 g/mol. The molecule has 1 aromatic heterocycles. The number of hydrogen-bond acceptors (Lipinski definition) is 11. The number of aliphatic hydroxyl groups is 1. The Labute approximate surface area is 427 Å². The van der Waals surface area contributed by atoms with Gasteiger partial charge in [-0.25, -0.2) is 14.4 Å². The van der Waals surface area contributed by atoms with E-state index in [-0.39, 0.29) is 44.1 Å². The number of nitrogens with zero attached hydrogens (tertiary/aromatic N) is 2. The molecule has 8 aromatic rings. The van der Waals surface area contributed by atoms with Gasteiger partial charge in [0.05, 0.1) is 20.3 Å². The van der Waals surface area contributed by atoms with Gasteiger partial charge < -0.3 is 33.5 Å². The van der Waals surface area contributed by atoms with Crippen LogP contribution in [0.3, 0.4) is 0 Å². The standard InChI is InChI=1S/C61H53N3O10/c1-38-33-64(58(66)62-57(38)63-59(67)71-34-51-47-25-13-9-21-43(47)44-22-10-14-26-48(44)51)53-36-70-54(55(65)56(53)74-60(68)72-35-52-49-27-15-11-23-45(49)46-24-12-16-28-50(46)52)37-73-61(39-17-5-3-6-18-39,40-19-7-4-8-20-40)41-29-31-42(69-2)32-30-41/h3-33,51-56,65H,34-37H2,1-2H3,(H,62,63,66,67)/t53-,54-,55-,56+/m1/s1. The number of ether oxygens (including phenoxy) is 6. The fraction of sp³-hybridized carbons (Fsp3) is 0.213. The minimum Gasteiger partial charge on any atom is -0.497 e. The van der Waals surface area contributed by atoms with Gasteiger partial charge in [0.15, 0.2) is 6.10 Å². The maximum absolute atomic E-state index is 14.2. The number of hydrogen-bond donors (Lipinski definition) is 2. The molecule has 4 atom stereocenters. The summed E-state index contributed by atoms with van der Waals surface area (Å²) in [6.07, 6.45) is -4.39. The van der Waals surface area contributed by atoms with Crippen molar-refractivity contribution in [2.75, 3.05) is 38.9 Å². The zero-order valence-electron chi connectivity index (χ0n) is 40.7. The molecule has 2 N–H and O–H groups in total. The number of anilines is 1. The third-order valence-electron chi connectivity index (χ3n) is 14.5. The summed E-state index contributed by atoms with van der Waals surface area (Å²) in [5.74, 6) is 0.207. The quantitative estimate of drug-likeness (QED) is 0.0790. The number of aromatic nitrogens is 2. The molecule has 11 rings (SSSR count). The number of amides is 1. The molecule has 7 aromatic carbocycles. The molecule has 1 saturated heterocycles. The number of rotatable bonds is 14. The molecule has 13 nitrogen and oxygen atoms in total. The second-order valence-corrected chi connectivity index (χ2v) is 18.7. The van der Waals surface area contributed by atoms with Crippen LogP contribution in [0.1, 0.15) is 62.4 Å². The lowest BCUT2D eigenvalue weighted by Crippen LogP contribution is -2.56. The maximum atomic E-state index is 14.2. The summed E-state index contributed by atoms with van der Waals surface area (Å²) in [5, 5.41) is 15.1. The van der Waals surface area contributed by atoms with E-state index in [0.29, 0.717) is 11.3 Å². The van der Waals surface area contributed by atoms with Crippen LogP contribution in [-0.2, 0) is 29.3 Å². The zero-order chi connectivity index (χ0) is 50.8. The monoisotopic (exact) mass is 987 g/mol. The lowest BCUT2D eigenvalue weighted by molar-refractivity contribution is -0.190. The highest BCUT2D eigenvalue weighted by atomic mass is 16.7. The van der Waals surface area contributed by atoms with E-state index in [1.54, 1.807) is 14.0 Å². The Morgan fingerprint density at radius 3 is 1.64 bits per heavy atom. The van der Waals surface area contributed by atoms with E-state index in [2.05, 4.69) is 22.4 Å². The van der Waals surface area contributed by atoms with Gasteiger partial charge in [0.1, 0.15) is 48.6 Å². The normalized spacial score (nSPS) is 17.8. The van der Waals surface area contributed by atoms with Crippen molar-refractivity contribution in [1.82, 2.24) is 9.55 Å². The summed E-state index contributed by atoms with van der Waals surface area (Å²) < 4.78 is 38.1. The molecular formula is C61H53N3O10. The van der Waals surface area contributed by atoms with E-state index in [4.69, 9.17) is 28.4 Å². The zero-order valence-corrected chi connectivity index (χ0v) is 40.7. The molecule has 0 bridgehead atoms. The molecule has 2 aliphatic carbocycles. The lowest BCUT2D eigenvalue weighted by Gasteiger charge is -2.42. The van der Waals surface area contributed by atoms with E-state index in [1.807, 2.05) is 170 Å². The second kappa shape index (κ2) is 20.6. The van der Waals surface area contributed by atoms with Crippen molar-refractivity contribution >= 4 is 18.1 Å². The van der Waals surface area contributed by atoms with Crippen LogP contribution in [0.4, 0.5) is 15.4 Å². The van der Waals surface area contributed by atoms with Crippen molar-refractivity contribution in [3.63, 3.8) is 0 Å². The largest absolute Gasteiger partial charge is 0.508 e. The fourth-order valence-corrected chi connectivity index (χ4v) is 10.9. The first kappa shape index (κ1) is 47.9. The topological polar surface area (TPSA) is 157 Å². The Bertz CT molecular complexity index is 3250. The van der Waals surface area contributed by atoms with Crippen LogP contribution < -0.4 is 15.7 Å². The summed E-state index contributed by atoms with van der Waals surface area (Å²) in [4.78, 5) is 45.9. The van der Waals surface area contributed by atoms with Crippen LogP contribution in [-0.4, -0.2) is 78.8 Å². The van der Waals surface area contributed by atoms with Crippen molar-refractivity contribution in [2.24, 2.45) is 0 Å². The smallest absolute Gasteiger partial charge is 0.497 e. The molecule has 1 amide bonds. The average Bonchev–Trinajstić information content (AvgIpc) is 3.95. The van der Waals surface area contributed by atoms with Crippen molar-refractivity contribution < 1.29 is 43.1 Å². The molecule has 2 heterocycles. The number of carbonyl (C=O) groups excluding carboxylic acids is 2. The van der Waals surface area contributed by atoms with Crippen molar-refractivity contribution in [3.8, 4) is 28.0 Å². The number of aliphatic hydroxyl groups excluding tert-OH is 1. The number of benzene rings is 7. The van der Waals surface area contributed by atoms with Crippen molar-refractivity contribution in [3.05, 3.63) is 243 Å². The van der Waals surface area contributed by atoms with Crippen LogP contribution in [0.5, 0.6) is 5.75 Å². The summed E-state index contributed by atoms with van der Waals surface area (Å²) in [7, 11) is 1.60. The van der Waals surface area contributed by atoms with E-state index in [9.17, 15) is 19.5 Å². The third kappa shape index (κ3) is 8.99. The Morgan fingerprint density at radius 2 is 1.12 bits per heavy atom. The molecule has 0 saturated carbocycles. The molecule has 1 aliphatic heterocycles. The first-order chi connectivity index (χ1) is 36.2. The predicted molar refractivity (Wildman–Crippen MR) is 278 cm³/mol. The SMILES string of the molecule is COc1ccc(C(OC[C@H]2OC[C@@H](n3cc(C)c(NC(=O)OCC4c5ccccc5-c5ccccc54)nc3=O)[C@H](OC(=O)OCC3c4ccccc4-c4ccccc43)[C@@H]2O)(c2ccccc2)c2ccccc2)cc1. The summed E-state index contributed by atoms with van der Waals surface area (Å²) >= 11 is 0. The molecule has 0 radical (unpaired) electrons.